The van der Waals surface area contributed by atoms with Crippen LogP contribution in [0.1, 0.15) is 52.2 Å². The molecule has 0 radical (unpaired) electrons. The first-order valence-electron chi connectivity index (χ1n) is 10.2. The van der Waals surface area contributed by atoms with Crippen LogP contribution < -0.4 is 10.6 Å². The van der Waals surface area contributed by atoms with Crippen LogP contribution in [0, 0.1) is 0 Å². The van der Waals surface area contributed by atoms with E-state index in [1.807, 2.05) is 13.8 Å². The minimum absolute atomic E-state index is 0.0706. The highest BCUT2D eigenvalue weighted by Crippen LogP contribution is 2.24. The van der Waals surface area contributed by atoms with Gasteiger partial charge in [0.1, 0.15) is 5.01 Å². The number of nitrogens with zero attached hydrogens (tertiary/aromatic N) is 4. The molecule has 0 saturated carbocycles. The van der Waals surface area contributed by atoms with Gasteiger partial charge in [-0.25, -0.2) is 9.98 Å². The lowest BCUT2D eigenvalue weighted by atomic mass is 9.93. The van der Waals surface area contributed by atoms with Crippen LogP contribution in [0.3, 0.4) is 0 Å². The second-order valence-corrected chi connectivity index (χ2v) is 9.47. The van der Waals surface area contributed by atoms with Crippen molar-refractivity contribution < 1.29 is 4.79 Å². The van der Waals surface area contributed by atoms with E-state index in [1.165, 1.54) is 0 Å². The molecular weight excluding hydrogens is 372 g/mol. The Kier molecular flexibility index (Phi) is 8.24. The lowest BCUT2D eigenvalue weighted by Crippen LogP contribution is -2.54. The lowest BCUT2D eigenvalue weighted by molar-refractivity contribution is -0.123. The molecule has 0 aromatic carbocycles. The molecule has 8 heteroatoms. The molecule has 2 N–H and O–H groups in total. The Balaban J connectivity index is 1.91. The van der Waals surface area contributed by atoms with Crippen molar-refractivity contribution in [3.63, 3.8) is 0 Å². The van der Waals surface area contributed by atoms with Gasteiger partial charge in [-0.15, -0.1) is 11.3 Å². The number of rotatable bonds is 6. The summed E-state index contributed by atoms with van der Waals surface area (Å²) < 4.78 is 0. The number of amides is 1. The van der Waals surface area contributed by atoms with Crippen molar-refractivity contribution in [3.05, 3.63) is 16.1 Å². The number of guanidine groups is 1. The van der Waals surface area contributed by atoms with Crippen molar-refractivity contribution in [2.45, 2.75) is 59.5 Å². The van der Waals surface area contributed by atoms with E-state index in [1.54, 1.807) is 11.3 Å². The number of hydrogen-bond acceptors (Lipinski definition) is 5. The third-order valence-corrected chi connectivity index (χ3v) is 5.34. The molecule has 0 unspecified atom stereocenters. The Bertz CT molecular complexity index is 656. The van der Waals surface area contributed by atoms with Crippen LogP contribution in [-0.2, 0) is 16.8 Å². The average Bonchev–Trinajstić information content (AvgIpc) is 3.08. The van der Waals surface area contributed by atoms with E-state index >= 15 is 0 Å². The predicted octanol–water partition coefficient (Wildman–Crippen LogP) is 2.05. The van der Waals surface area contributed by atoms with Crippen molar-refractivity contribution in [2.75, 3.05) is 39.3 Å². The number of carbonyl (C=O) groups excluding carboxylic acids is 1. The van der Waals surface area contributed by atoms with E-state index in [-0.39, 0.29) is 17.4 Å². The fourth-order valence-corrected chi connectivity index (χ4v) is 3.93. The molecule has 1 fully saturated rings. The number of piperazine rings is 1. The number of nitrogens with one attached hydrogen (secondary N) is 2. The molecule has 2 rings (SSSR count). The number of aromatic nitrogens is 1. The van der Waals surface area contributed by atoms with Gasteiger partial charge < -0.3 is 15.5 Å². The smallest absolute Gasteiger partial charge is 0.234 e. The summed E-state index contributed by atoms with van der Waals surface area (Å²) in [5.41, 5.74) is 1.20. The Hall–Kier alpha value is -1.67. The van der Waals surface area contributed by atoms with Crippen molar-refractivity contribution in [3.8, 4) is 0 Å². The van der Waals surface area contributed by atoms with Crippen LogP contribution in [-0.4, -0.2) is 72.0 Å². The van der Waals surface area contributed by atoms with E-state index in [9.17, 15) is 4.79 Å². The third kappa shape index (κ3) is 7.05. The topological polar surface area (TPSA) is 72.9 Å². The highest BCUT2D eigenvalue weighted by atomic mass is 32.1. The normalized spacial score (nSPS) is 16.5. The van der Waals surface area contributed by atoms with Crippen LogP contribution in [0.15, 0.2) is 10.4 Å². The van der Waals surface area contributed by atoms with Gasteiger partial charge in [-0.1, -0.05) is 20.8 Å². The average molecular weight is 409 g/mol. The zero-order valence-corrected chi connectivity index (χ0v) is 19.0. The molecule has 1 saturated heterocycles. The molecule has 1 aromatic heterocycles. The van der Waals surface area contributed by atoms with E-state index in [4.69, 9.17) is 9.98 Å². The summed E-state index contributed by atoms with van der Waals surface area (Å²) >= 11 is 1.68. The molecule has 1 aliphatic rings. The van der Waals surface area contributed by atoms with Crippen molar-refractivity contribution in [1.82, 2.24) is 25.4 Å². The van der Waals surface area contributed by atoms with E-state index in [0.717, 1.165) is 49.4 Å². The van der Waals surface area contributed by atoms with Crippen LogP contribution in [0.4, 0.5) is 0 Å². The zero-order chi connectivity index (χ0) is 20.7. The summed E-state index contributed by atoms with van der Waals surface area (Å²) in [6.07, 6.45) is 0. The maximum Gasteiger partial charge on any atom is 0.234 e. The third-order valence-electron chi connectivity index (χ3n) is 4.51. The van der Waals surface area contributed by atoms with Crippen LogP contribution in [0.5, 0.6) is 0 Å². The van der Waals surface area contributed by atoms with E-state index in [0.29, 0.717) is 13.1 Å². The Morgan fingerprint density at radius 3 is 2.50 bits per heavy atom. The van der Waals surface area contributed by atoms with Crippen molar-refractivity contribution in [2.24, 2.45) is 4.99 Å². The number of thiazole rings is 1. The predicted molar refractivity (Wildman–Crippen MR) is 117 cm³/mol. The molecule has 7 nitrogen and oxygen atoms in total. The highest BCUT2D eigenvalue weighted by molar-refractivity contribution is 7.09. The van der Waals surface area contributed by atoms with E-state index < -0.39 is 0 Å². The maximum absolute atomic E-state index is 12.0. The van der Waals surface area contributed by atoms with Gasteiger partial charge in [0.2, 0.25) is 5.91 Å². The lowest BCUT2D eigenvalue weighted by Gasteiger charge is -2.36. The van der Waals surface area contributed by atoms with Crippen LogP contribution in [0.25, 0.3) is 0 Å². The van der Waals surface area contributed by atoms with Gasteiger partial charge in [0.15, 0.2) is 5.96 Å². The maximum atomic E-state index is 12.0. The largest absolute Gasteiger partial charge is 0.357 e. The summed E-state index contributed by atoms with van der Waals surface area (Å²) in [5.74, 6) is 1.03. The molecule has 0 bridgehead atoms. The zero-order valence-electron chi connectivity index (χ0n) is 18.2. The minimum atomic E-state index is 0.0706. The second kappa shape index (κ2) is 10.2. The van der Waals surface area contributed by atoms with Gasteiger partial charge in [0.25, 0.3) is 0 Å². The van der Waals surface area contributed by atoms with Crippen LogP contribution in [0.2, 0.25) is 0 Å². The molecule has 28 heavy (non-hydrogen) atoms. The minimum Gasteiger partial charge on any atom is -0.357 e. The van der Waals surface area contributed by atoms with Gasteiger partial charge >= 0.3 is 0 Å². The molecule has 158 valence electrons. The van der Waals surface area contributed by atoms with Crippen LogP contribution >= 0.6 is 11.3 Å². The Labute approximate surface area is 173 Å². The first-order valence-corrected chi connectivity index (χ1v) is 11.1. The molecule has 0 atom stereocenters. The summed E-state index contributed by atoms with van der Waals surface area (Å²) in [6.45, 7) is 18.0. The molecule has 2 heterocycles. The van der Waals surface area contributed by atoms with Gasteiger partial charge in [0.05, 0.1) is 18.8 Å². The quantitative estimate of drug-likeness (QED) is 0.557. The fraction of sp³-hybridized carbons (Fsp3) is 0.750. The number of hydrogen-bond donors (Lipinski definition) is 2. The van der Waals surface area contributed by atoms with Crippen molar-refractivity contribution >= 4 is 23.2 Å². The SMILES string of the molecule is CCNC(=NCc1nc(C(C)(C)C)cs1)N1CCN(CC(=O)NC(C)C)CC1. The summed E-state index contributed by atoms with van der Waals surface area (Å²) in [6, 6.07) is 0.186. The molecule has 0 aliphatic carbocycles. The monoisotopic (exact) mass is 408 g/mol. The summed E-state index contributed by atoms with van der Waals surface area (Å²) in [4.78, 5) is 26.0. The molecule has 1 amide bonds. The number of aliphatic imine (C=N–C) groups is 1. The standard InChI is InChI=1S/C20H36N6OS/c1-7-21-19(22-12-18-24-16(14-28-18)20(4,5)6)26-10-8-25(9-11-26)13-17(27)23-15(2)3/h14-15H,7-13H2,1-6H3,(H,21,22)(H,23,27). The molecule has 0 spiro atoms. The summed E-state index contributed by atoms with van der Waals surface area (Å²) in [7, 11) is 0. The first-order chi connectivity index (χ1) is 13.2. The molecule has 1 aromatic rings. The molecular formula is C20H36N6OS. The molecule has 1 aliphatic heterocycles. The number of carbonyl (C=O) groups is 1. The first kappa shape index (κ1) is 22.6. The van der Waals surface area contributed by atoms with Gasteiger partial charge in [-0.2, -0.15) is 0 Å². The highest BCUT2D eigenvalue weighted by Gasteiger charge is 2.22. The Morgan fingerprint density at radius 1 is 1.29 bits per heavy atom. The fourth-order valence-electron chi connectivity index (χ4n) is 2.98. The second-order valence-electron chi connectivity index (χ2n) is 8.53. The van der Waals surface area contributed by atoms with Crippen molar-refractivity contribution in [1.29, 1.82) is 0 Å². The van der Waals surface area contributed by atoms with E-state index in [2.05, 4.69) is 53.5 Å². The van der Waals surface area contributed by atoms with Gasteiger partial charge in [-0.3, -0.25) is 9.69 Å². The summed E-state index contributed by atoms with van der Waals surface area (Å²) in [5, 5.41) is 9.54. The Morgan fingerprint density at radius 2 is 1.96 bits per heavy atom. The van der Waals surface area contributed by atoms with Gasteiger partial charge in [-0.05, 0) is 20.8 Å². The van der Waals surface area contributed by atoms with Gasteiger partial charge in [0, 0.05) is 49.6 Å².